The maximum atomic E-state index is 12.5. The highest BCUT2D eigenvalue weighted by Crippen LogP contribution is 2.34. The van der Waals surface area contributed by atoms with Crippen molar-refractivity contribution in [3.8, 4) is 0 Å². The molecule has 0 spiro atoms. The predicted octanol–water partition coefficient (Wildman–Crippen LogP) is 4.34. The average molecular weight is 413 g/mol. The minimum Gasteiger partial charge on any atom is -0.326 e. The molecule has 1 aromatic rings. The number of hydrogen-bond acceptors (Lipinski definition) is 5. The third kappa shape index (κ3) is 5.56. The largest absolute Gasteiger partial charge is 0.326 e. The summed E-state index contributed by atoms with van der Waals surface area (Å²) in [6.07, 6.45) is 4.05. The molecule has 0 bridgehead atoms. The molecule has 29 heavy (non-hydrogen) atoms. The molecular formula is C22H28N4O2S. The van der Waals surface area contributed by atoms with Crippen molar-refractivity contribution in [2.75, 3.05) is 5.32 Å². The Hall–Kier alpha value is -2.41. The Morgan fingerprint density at radius 2 is 1.90 bits per heavy atom. The molecule has 154 valence electrons. The maximum absolute atomic E-state index is 12.5. The number of nitrogens with zero attached hydrogens (tertiary/aromatic N) is 2. The Morgan fingerprint density at radius 1 is 1.21 bits per heavy atom. The molecule has 3 rings (SSSR count). The van der Waals surface area contributed by atoms with Crippen molar-refractivity contribution in [3.05, 3.63) is 41.0 Å². The molecule has 0 saturated carbocycles. The van der Waals surface area contributed by atoms with Crippen molar-refractivity contribution < 1.29 is 9.59 Å². The summed E-state index contributed by atoms with van der Waals surface area (Å²) >= 11 is 1.26. The topological polar surface area (TPSA) is 82.9 Å². The number of carbonyl (C=O) groups is 2. The fourth-order valence-electron chi connectivity index (χ4n) is 3.83. The van der Waals surface area contributed by atoms with Crippen molar-refractivity contribution in [2.45, 2.75) is 59.1 Å². The summed E-state index contributed by atoms with van der Waals surface area (Å²) in [5.74, 6) is -0.392. The molecule has 1 atom stereocenters. The van der Waals surface area contributed by atoms with Gasteiger partial charge in [-0.25, -0.2) is 0 Å². The highest BCUT2D eigenvalue weighted by Gasteiger charge is 2.32. The van der Waals surface area contributed by atoms with Crippen LogP contribution in [-0.2, 0) is 9.59 Å². The van der Waals surface area contributed by atoms with E-state index in [2.05, 4.69) is 47.7 Å². The van der Waals surface area contributed by atoms with Gasteiger partial charge >= 0.3 is 0 Å². The number of allylic oxidation sites excluding steroid dienone is 2. The van der Waals surface area contributed by atoms with Gasteiger partial charge in [-0.05, 0) is 56.2 Å². The van der Waals surface area contributed by atoms with E-state index < -0.39 is 5.25 Å². The number of amides is 2. The van der Waals surface area contributed by atoms with Gasteiger partial charge in [0.25, 0.3) is 0 Å². The van der Waals surface area contributed by atoms with Crippen molar-refractivity contribution in [1.29, 1.82) is 0 Å². The Kier molecular flexibility index (Phi) is 6.27. The van der Waals surface area contributed by atoms with Crippen LogP contribution in [-0.4, -0.2) is 27.9 Å². The van der Waals surface area contributed by atoms with Crippen molar-refractivity contribution in [1.82, 2.24) is 5.32 Å². The first-order valence-electron chi connectivity index (χ1n) is 9.78. The zero-order valence-corrected chi connectivity index (χ0v) is 18.4. The second-order valence-corrected chi connectivity index (χ2v) is 9.81. The van der Waals surface area contributed by atoms with Crippen LogP contribution < -0.4 is 10.6 Å². The SMILES string of the molecule is CC1=C/C(=N/N=C2\NC(=O)[C@@H](CC(=O)Nc3c(C)cccc3C)S2)CC(C)(C)C1. The number of nitrogens with one attached hydrogen (secondary N) is 2. The van der Waals surface area contributed by atoms with Gasteiger partial charge < -0.3 is 10.6 Å². The van der Waals surface area contributed by atoms with Crippen LogP contribution in [0.3, 0.4) is 0 Å². The molecule has 1 aliphatic carbocycles. The van der Waals surface area contributed by atoms with E-state index in [4.69, 9.17) is 0 Å². The van der Waals surface area contributed by atoms with Crippen molar-refractivity contribution in [3.63, 3.8) is 0 Å². The third-order valence-electron chi connectivity index (χ3n) is 4.99. The standard InChI is InChI=1S/C22H28N4O2S/c1-13-9-16(12-22(4,5)11-13)25-26-21-24-20(28)17(29-21)10-18(27)23-19-14(2)7-6-8-15(19)3/h6-9,17H,10-12H2,1-5H3,(H,23,27)(H,24,26,28)/b25-16-/t17-/m1/s1. The number of hydrogen-bond donors (Lipinski definition) is 2. The highest BCUT2D eigenvalue weighted by atomic mass is 32.2. The van der Waals surface area contributed by atoms with Crippen LogP contribution in [0.4, 0.5) is 5.69 Å². The minimum absolute atomic E-state index is 0.0892. The summed E-state index contributed by atoms with van der Waals surface area (Å²) in [6, 6.07) is 5.85. The lowest BCUT2D eigenvalue weighted by molar-refractivity contribution is -0.122. The van der Waals surface area contributed by atoms with E-state index in [1.807, 2.05) is 32.0 Å². The number of anilines is 1. The average Bonchev–Trinajstić information content (AvgIpc) is 2.94. The first-order chi connectivity index (χ1) is 13.6. The van der Waals surface area contributed by atoms with Crippen LogP contribution in [0.2, 0.25) is 0 Å². The minimum atomic E-state index is -0.502. The summed E-state index contributed by atoms with van der Waals surface area (Å²) in [4.78, 5) is 24.7. The molecule has 0 unspecified atom stereocenters. The van der Waals surface area contributed by atoms with Gasteiger partial charge in [-0.1, -0.05) is 49.4 Å². The van der Waals surface area contributed by atoms with E-state index in [-0.39, 0.29) is 23.7 Å². The van der Waals surface area contributed by atoms with Gasteiger partial charge in [0.15, 0.2) is 5.17 Å². The summed E-state index contributed by atoms with van der Waals surface area (Å²) in [5, 5.41) is 14.2. The number of aryl methyl sites for hydroxylation is 2. The molecule has 0 aromatic heterocycles. The predicted molar refractivity (Wildman–Crippen MR) is 120 cm³/mol. The number of para-hydroxylation sites is 1. The molecular weight excluding hydrogens is 384 g/mol. The second kappa shape index (κ2) is 8.53. The van der Waals surface area contributed by atoms with Gasteiger partial charge in [0, 0.05) is 12.1 Å². The lowest BCUT2D eigenvalue weighted by Gasteiger charge is -2.28. The molecule has 7 heteroatoms. The van der Waals surface area contributed by atoms with Crippen LogP contribution in [0.15, 0.2) is 40.1 Å². The first kappa shape index (κ1) is 21.3. The number of benzene rings is 1. The van der Waals surface area contributed by atoms with Crippen molar-refractivity contribution in [2.24, 2.45) is 15.6 Å². The molecule has 1 saturated heterocycles. The van der Waals surface area contributed by atoms with Crippen molar-refractivity contribution >= 4 is 40.1 Å². The van der Waals surface area contributed by atoms with E-state index in [9.17, 15) is 9.59 Å². The zero-order chi connectivity index (χ0) is 21.2. The summed E-state index contributed by atoms with van der Waals surface area (Å²) in [7, 11) is 0. The lowest BCUT2D eigenvalue weighted by atomic mass is 9.77. The first-order valence-corrected chi connectivity index (χ1v) is 10.7. The Bertz CT molecular complexity index is 910. The second-order valence-electron chi connectivity index (χ2n) is 8.62. The van der Waals surface area contributed by atoms with E-state index in [0.29, 0.717) is 5.17 Å². The van der Waals surface area contributed by atoms with Gasteiger partial charge in [-0.3, -0.25) is 9.59 Å². The van der Waals surface area contributed by atoms with Crippen LogP contribution in [0.5, 0.6) is 0 Å². The number of rotatable bonds is 4. The molecule has 2 N–H and O–H groups in total. The van der Waals surface area contributed by atoms with E-state index in [1.54, 1.807) is 0 Å². The summed E-state index contributed by atoms with van der Waals surface area (Å²) < 4.78 is 0. The maximum Gasteiger partial charge on any atom is 0.240 e. The number of amidine groups is 1. The monoisotopic (exact) mass is 412 g/mol. The molecule has 6 nitrogen and oxygen atoms in total. The van der Waals surface area contributed by atoms with Gasteiger partial charge in [-0.15, -0.1) is 5.10 Å². The number of thioether (sulfide) groups is 1. The number of carbonyl (C=O) groups excluding carboxylic acids is 2. The van der Waals surface area contributed by atoms with Crippen LogP contribution in [0, 0.1) is 19.3 Å². The molecule has 1 aliphatic heterocycles. The molecule has 2 aliphatic rings. The van der Waals surface area contributed by atoms with E-state index in [0.717, 1.165) is 35.4 Å². The van der Waals surface area contributed by atoms with Gasteiger partial charge in [0.2, 0.25) is 11.8 Å². The Morgan fingerprint density at radius 3 is 2.55 bits per heavy atom. The summed E-state index contributed by atoms with van der Waals surface area (Å²) in [5.41, 5.74) is 5.17. The zero-order valence-electron chi connectivity index (χ0n) is 17.6. The van der Waals surface area contributed by atoms with Gasteiger partial charge in [0.05, 0.1) is 5.71 Å². The smallest absolute Gasteiger partial charge is 0.240 e. The van der Waals surface area contributed by atoms with Crippen LogP contribution in [0.25, 0.3) is 0 Å². The van der Waals surface area contributed by atoms with Gasteiger partial charge in [-0.2, -0.15) is 5.10 Å². The van der Waals surface area contributed by atoms with E-state index in [1.165, 1.54) is 17.3 Å². The molecule has 1 heterocycles. The molecule has 1 aromatic carbocycles. The Balaban J connectivity index is 1.63. The molecule has 1 fully saturated rings. The lowest BCUT2D eigenvalue weighted by Crippen LogP contribution is -2.28. The molecule has 0 radical (unpaired) electrons. The van der Waals surface area contributed by atoms with Crippen LogP contribution in [0.1, 0.15) is 51.2 Å². The fraction of sp³-hybridized carbons (Fsp3) is 0.455. The van der Waals surface area contributed by atoms with Crippen LogP contribution >= 0.6 is 11.8 Å². The fourth-order valence-corrected chi connectivity index (χ4v) is 4.74. The third-order valence-corrected chi connectivity index (χ3v) is 6.06. The normalized spacial score (nSPS) is 23.8. The molecule has 2 amide bonds. The van der Waals surface area contributed by atoms with Gasteiger partial charge in [0.1, 0.15) is 5.25 Å². The Labute approximate surface area is 176 Å². The van der Waals surface area contributed by atoms with E-state index >= 15 is 0 Å². The quantitative estimate of drug-likeness (QED) is 0.722. The highest BCUT2D eigenvalue weighted by molar-refractivity contribution is 8.15. The summed E-state index contributed by atoms with van der Waals surface area (Å²) in [6.45, 7) is 10.4.